The van der Waals surface area contributed by atoms with Crippen LogP contribution in [0.25, 0.3) is 11.4 Å². The summed E-state index contributed by atoms with van der Waals surface area (Å²) in [7, 11) is 1.79. The molecule has 1 spiro atoms. The fraction of sp³-hybridized carbons (Fsp3) is 0.160. The van der Waals surface area contributed by atoms with Gasteiger partial charge in [-0.2, -0.15) is 5.10 Å². The molecule has 2 aromatic heterocycles. The van der Waals surface area contributed by atoms with Crippen molar-refractivity contribution in [2.45, 2.75) is 18.4 Å². The largest absolute Gasteiger partial charge is 0.293 e. The Kier molecular flexibility index (Phi) is 4.05. The molecule has 8 heteroatoms. The average molecular weight is 441 g/mol. The molecule has 0 unspecified atom stereocenters. The first-order valence-electron chi connectivity index (χ1n) is 10.5. The third-order valence-corrected chi connectivity index (χ3v) is 6.04. The van der Waals surface area contributed by atoms with Gasteiger partial charge in [-0.15, -0.1) is 0 Å². The highest BCUT2D eigenvalue weighted by molar-refractivity contribution is 6.09. The number of aryl methyl sites for hydroxylation is 1. The first-order chi connectivity index (χ1) is 16.0. The molecular weight excluding hydrogens is 424 g/mol. The second kappa shape index (κ2) is 6.87. The van der Waals surface area contributed by atoms with Gasteiger partial charge in [0, 0.05) is 24.4 Å². The van der Waals surface area contributed by atoms with Gasteiger partial charge in [0.1, 0.15) is 16.9 Å². The standard InChI is InChI=1S/C25H17F2N5O/c1-30-12-9-20(29-30)21-15-28-24-31(23(33)25(10-11-25)32(21)24)22-18(26)13-17(14-19(22)27)8-7-16-5-3-2-4-6-16/h2-6,9,12-15H,10-11H2,1H3. The molecule has 0 saturated heterocycles. The van der Waals surface area contributed by atoms with Gasteiger partial charge < -0.3 is 0 Å². The van der Waals surface area contributed by atoms with Gasteiger partial charge in [0.15, 0.2) is 11.6 Å². The molecule has 1 aliphatic heterocycles. The van der Waals surface area contributed by atoms with Crippen LogP contribution in [0.5, 0.6) is 0 Å². The second-order valence-corrected chi connectivity index (χ2v) is 8.23. The monoisotopic (exact) mass is 441 g/mol. The molecule has 4 aromatic rings. The molecule has 1 amide bonds. The molecule has 33 heavy (non-hydrogen) atoms. The minimum absolute atomic E-state index is 0.183. The van der Waals surface area contributed by atoms with E-state index in [1.165, 1.54) is 0 Å². The third-order valence-electron chi connectivity index (χ3n) is 6.04. The van der Waals surface area contributed by atoms with Crippen LogP contribution in [-0.4, -0.2) is 25.2 Å². The van der Waals surface area contributed by atoms with Gasteiger partial charge in [0.2, 0.25) is 5.95 Å². The van der Waals surface area contributed by atoms with E-state index in [4.69, 9.17) is 0 Å². The number of nitrogens with zero attached hydrogens (tertiary/aromatic N) is 5. The molecule has 1 aliphatic carbocycles. The molecule has 2 aromatic carbocycles. The van der Waals surface area contributed by atoms with E-state index in [0.29, 0.717) is 24.2 Å². The molecule has 162 valence electrons. The lowest BCUT2D eigenvalue weighted by Gasteiger charge is -2.17. The Morgan fingerprint density at radius 2 is 1.70 bits per heavy atom. The van der Waals surface area contributed by atoms with Crippen LogP contribution in [0.1, 0.15) is 24.0 Å². The number of halogens is 2. The second-order valence-electron chi connectivity index (χ2n) is 8.23. The first kappa shape index (κ1) is 19.4. The topological polar surface area (TPSA) is 56.0 Å². The Balaban J connectivity index is 1.43. The van der Waals surface area contributed by atoms with Crippen LogP contribution in [0.15, 0.2) is 60.9 Å². The number of carbonyl (C=O) groups is 1. The molecule has 3 heterocycles. The van der Waals surface area contributed by atoms with Gasteiger partial charge in [0.25, 0.3) is 5.91 Å². The van der Waals surface area contributed by atoms with Crippen molar-refractivity contribution >= 4 is 17.5 Å². The number of hydrogen-bond acceptors (Lipinski definition) is 3. The predicted octanol–water partition coefficient (Wildman–Crippen LogP) is 4.13. The van der Waals surface area contributed by atoms with Crippen molar-refractivity contribution in [1.29, 1.82) is 0 Å². The van der Waals surface area contributed by atoms with Crippen LogP contribution < -0.4 is 4.90 Å². The normalized spacial score (nSPS) is 15.5. The minimum Gasteiger partial charge on any atom is -0.293 e. The number of anilines is 2. The van der Waals surface area contributed by atoms with E-state index in [1.54, 1.807) is 28.7 Å². The summed E-state index contributed by atoms with van der Waals surface area (Å²) in [6.45, 7) is 0. The van der Waals surface area contributed by atoms with Crippen LogP contribution >= 0.6 is 0 Å². The van der Waals surface area contributed by atoms with Crippen molar-refractivity contribution in [2.24, 2.45) is 7.05 Å². The summed E-state index contributed by atoms with van der Waals surface area (Å²) in [5.74, 6) is 3.74. The molecule has 6 rings (SSSR count). The highest BCUT2D eigenvalue weighted by Crippen LogP contribution is 2.56. The summed E-state index contributed by atoms with van der Waals surface area (Å²) in [5.41, 5.74) is 0.895. The highest BCUT2D eigenvalue weighted by atomic mass is 19.1. The smallest absolute Gasteiger partial charge is 0.260 e. The van der Waals surface area contributed by atoms with Crippen LogP contribution in [-0.2, 0) is 17.4 Å². The maximum atomic E-state index is 15.2. The zero-order valence-electron chi connectivity index (χ0n) is 17.6. The zero-order valence-corrected chi connectivity index (χ0v) is 17.6. The maximum Gasteiger partial charge on any atom is 0.260 e. The molecule has 6 nitrogen and oxygen atoms in total. The fourth-order valence-corrected chi connectivity index (χ4v) is 4.32. The SMILES string of the molecule is Cn1ccc(-c2cnc3n2C2(CC2)C(=O)N3c2c(F)cc(C#Cc3ccccc3)cc2F)n1. The van der Waals surface area contributed by atoms with Gasteiger partial charge in [-0.25, -0.2) is 18.7 Å². The molecular formula is C25H17F2N5O. The number of hydrogen-bond donors (Lipinski definition) is 0. The Morgan fingerprint density at radius 3 is 2.33 bits per heavy atom. The predicted molar refractivity (Wildman–Crippen MR) is 118 cm³/mol. The van der Waals surface area contributed by atoms with Crippen LogP contribution in [0.4, 0.5) is 20.4 Å². The van der Waals surface area contributed by atoms with Gasteiger partial charge >= 0.3 is 0 Å². The van der Waals surface area contributed by atoms with Crippen molar-refractivity contribution < 1.29 is 13.6 Å². The summed E-state index contributed by atoms with van der Waals surface area (Å²) in [5, 5.41) is 4.40. The van der Waals surface area contributed by atoms with E-state index >= 15 is 8.78 Å². The lowest BCUT2D eigenvalue weighted by Crippen LogP contribution is -2.31. The van der Waals surface area contributed by atoms with Gasteiger partial charge in [0.05, 0.1) is 11.9 Å². The molecule has 0 N–H and O–H groups in total. The maximum absolute atomic E-state index is 15.2. The van der Waals surface area contributed by atoms with E-state index in [1.807, 2.05) is 36.4 Å². The summed E-state index contributed by atoms with van der Waals surface area (Å²) in [6, 6.07) is 13.3. The van der Waals surface area contributed by atoms with Gasteiger partial charge in [-0.05, 0) is 43.2 Å². The quantitative estimate of drug-likeness (QED) is 0.440. The van der Waals surface area contributed by atoms with E-state index in [9.17, 15) is 4.79 Å². The van der Waals surface area contributed by atoms with E-state index in [-0.39, 0.29) is 17.4 Å². The fourth-order valence-electron chi connectivity index (χ4n) is 4.32. The number of aromatic nitrogens is 4. The lowest BCUT2D eigenvalue weighted by molar-refractivity contribution is -0.120. The third kappa shape index (κ3) is 2.89. The highest BCUT2D eigenvalue weighted by Gasteiger charge is 2.62. The Hall–Kier alpha value is -4.25. The van der Waals surface area contributed by atoms with Gasteiger partial charge in [-0.1, -0.05) is 30.0 Å². The van der Waals surface area contributed by atoms with Crippen molar-refractivity contribution in [3.63, 3.8) is 0 Å². The Morgan fingerprint density at radius 1 is 1.00 bits per heavy atom. The van der Waals surface area contributed by atoms with E-state index in [0.717, 1.165) is 22.6 Å². The van der Waals surface area contributed by atoms with Crippen LogP contribution in [0.2, 0.25) is 0 Å². The summed E-state index contributed by atoms with van der Waals surface area (Å²) < 4.78 is 33.8. The molecule has 0 atom stereocenters. The number of amides is 1. The summed E-state index contributed by atoms with van der Waals surface area (Å²) in [6.07, 6.45) is 4.54. The minimum atomic E-state index is -0.872. The summed E-state index contributed by atoms with van der Waals surface area (Å²) in [4.78, 5) is 18.8. The zero-order chi connectivity index (χ0) is 22.7. The number of fused-ring (bicyclic) bond motifs is 2. The molecule has 2 aliphatic rings. The van der Waals surface area contributed by atoms with Crippen LogP contribution in [0.3, 0.4) is 0 Å². The van der Waals surface area contributed by atoms with E-state index in [2.05, 4.69) is 21.9 Å². The Labute approximate surface area is 188 Å². The Bertz CT molecular complexity index is 1460. The number of imidazole rings is 1. The number of benzene rings is 2. The van der Waals surface area contributed by atoms with Crippen molar-refractivity contribution in [3.8, 4) is 23.2 Å². The molecule has 0 radical (unpaired) electrons. The van der Waals surface area contributed by atoms with Crippen molar-refractivity contribution in [2.75, 3.05) is 4.90 Å². The first-order valence-corrected chi connectivity index (χ1v) is 10.5. The van der Waals surface area contributed by atoms with Crippen molar-refractivity contribution in [3.05, 3.63) is 83.7 Å². The number of carbonyl (C=O) groups excluding carboxylic acids is 1. The van der Waals surface area contributed by atoms with E-state index < -0.39 is 22.9 Å². The molecule has 1 saturated carbocycles. The van der Waals surface area contributed by atoms with Crippen LogP contribution in [0, 0.1) is 23.5 Å². The van der Waals surface area contributed by atoms with Crippen molar-refractivity contribution in [1.82, 2.24) is 19.3 Å². The average Bonchev–Trinajstić information content (AvgIpc) is 3.20. The summed E-state index contributed by atoms with van der Waals surface area (Å²) >= 11 is 0. The number of rotatable bonds is 2. The molecule has 0 bridgehead atoms. The molecule has 1 fully saturated rings. The van der Waals surface area contributed by atoms with Gasteiger partial charge in [-0.3, -0.25) is 14.0 Å². The lowest BCUT2D eigenvalue weighted by atomic mass is 10.1.